The zero-order valence-electron chi connectivity index (χ0n) is 15.6. The molecule has 0 unspecified atom stereocenters. The average Bonchev–Trinajstić information content (AvgIpc) is 3.25. The maximum absolute atomic E-state index is 13.4. The van der Waals surface area contributed by atoms with Crippen LogP contribution in [-0.4, -0.2) is 25.7 Å². The van der Waals surface area contributed by atoms with Crippen LogP contribution < -0.4 is 5.43 Å². The SMILES string of the molecule is O=c1c(-c2ccccc2)c(CCSc2ncnc3[nH]cnc23)oc2ccc(Br)cc12. The quantitative estimate of drug-likeness (QED) is 0.275. The molecular weight excluding hydrogens is 464 g/mol. The average molecular weight is 479 g/mol. The molecule has 2 aromatic carbocycles. The number of rotatable bonds is 5. The van der Waals surface area contributed by atoms with Crippen molar-refractivity contribution in [2.24, 2.45) is 0 Å². The maximum atomic E-state index is 13.4. The molecule has 0 amide bonds. The minimum Gasteiger partial charge on any atom is -0.460 e. The number of imidazole rings is 1. The highest BCUT2D eigenvalue weighted by atomic mass is 79.9. The normalized spacial score (nSPS) is 11.4. The van der Waals surface area contributed by atoms with Crippen molar-refractivity contribution in [3.63, 3.8) is 0 Å². The zero-order valence-corrected chi connectivity index (χ0v) is 18.0. The second-order valence-electron chi connectivity index (χ2n) is 6.61. The van der Waals surface area contributed by atoms with Gasteiger partial charge in [0.15, 0.2) is 5.65 Å². The van der Waals surface area contributed by atoms with Crippen LogP contribution in [0.2, 0.25) is 0 Å². The highest BCUT2D eigenvalue weighted by molar-refractivity contribution is 9.10. The summed E-state index contributed by atoms with van der Waals surface area (Å²) < 4.78 is 7.05. The standard InChI is InChI=1S/C22H15BrN4O2S/c23-14-6-7-16-15(10-14)20(28)18(13-4-2-1-3-5-13)17(29-16)8-9-30-22-19-21(25-11-24-19)26-12-27-22/h1-7,10-12H,8-9H2,(H,24,25,26,27). The van der Waals surface area contributed by atoms with Gasteiger partial charge in [-0.25, -0.2) is 15.0 Å². The summed E-state index contributed by atoms with van der Waals surface area (Å²) in [6.45, 7) is 0. The summed E-state index contributed by atoms with van der Waals surface area (Å²) in [5.41, 5.74) is 3.47. The second kappa shape index (κ2) is 8.04. The molecule has 0 fully saturated rings. The van der Waals surface area contributed by atoms with Crippen molar-refractivity contribution >= 4 is 49.8 Å². The van der Waals surface area contributed by atoms with Crippen LogP contribution in [0.5, 0.6) is 0 Å². The van der Waals surface area contributed by atoms with Crippen molar-refractivity contribution in [3.05, 3.63) is 81.6 Å². The van der Waals surface area contributed by atoms with Crippen LogP contribution in [0.15, 0.2) is 79.9 Å². The highest BCUT2D eigenvalue weighted by Gasteiger charge is 2.17. The number of nitrogens with zero attached hydrogens (tertiary/aromatic N) is 3. The lowest BCUT2D eigenvalue weighted by atomic mass is 10.0. The number of aryl methyl sites for hydroxylation is 1. The Bertz CT molecular complexity index is 1420. The molecule has 30 heavy (non-hydrogen) atoms. The molecule has 0 spiro atoms. The first-order chi connectivity index (χ1) is 14.7. The van der Waals surface area contributed by atoms with E-state index in [1.165, 1.54) is 6.33 Å². The van der Waals surface area contributed by atoms with Gasteiger partial charge in [0.05, 0.1) is 17.3 Å². The van der Waals surface area contributed by atoms with Crippen molar-refractivity contribution in [3.8, 4) is 11.1 Å². The highest BCUT2D eigenvalue weighted by Crippen LogP contribution is 2.29. The van der Waals surface area contributed by atoms with Crippen LogP contribution in [0.3, 0.4) is 0 Å². The van der Waals surface area contributed by atoms with Gasteiger partial charge in [-0.15, -0.1) is 11.8 Å². The van der Waals surface area contributed by atoms with E-state index in [4.69, 9.17) is 4.42 Å². The van der Waals surface area contributed by atoms with E-state index >= 15 is 0 Å². The largest absolute Gasteiger partial charge is 0.460 e. The molecule has 0 bridgehead atoms. The van der Waals surface area contributed by atoms with Gasteiger partial charge in [0.25, 0.3) is 0 Å². The molecule has 0 radical (unpaired) electrons. The molecule has 6 nitrogen and oxygen atoms in total. The van der Waals surface area contributed by atoms with Gasteiger partial charge >= 0.3 is 0 Å². The van der Waals surface area contributed by atoms with Crippen molar-refractivity contribution in [1.29, 1.82) is 0 Å². The molecule has 3 heterocycles. The summed E-state index contributed by atoms with van der Waals surface area (Å²) in [6.07, 6.45) is 3.70. The summed E-state index contributed by atoms with van der Waals surface area (Å²) in [5.74, 6) is 1.35. The number of hydrogen-bond acceptors (Lipinski definition) is 6. The number of aromatic amines is 1. The molecule has 5 rings (SSSR count). The van der Waals surface area contributed by atoms with Crippen LogP contribution in [-0.2, 0) is 6.42 Å². The van der Waals surface area contributed by atoms with E-state index in [0.29, 0.717) is 40.1 Å². The Balaban J connectivity index is 1.53. The summed E-state index contributed by atoms with van der Waals surface area (Å²) >= 11 is 5.01. The van der Waals surface area contributed by atoms with Gasteiger partial charge in [-0.1, -0.05) is 46.3 Å². The number of aromatic nitrogens is 4. The third-order valence-electron chi connectivity index (χ3n) is 4.74. The fourth-order valence-electron chi connectivity index (χ4n) is 3.38. The van der Waals surface area contributed by atoms with E-state index in [-0.39, 0.29) is 5.43 Å². The molecule has 0 atom stereocenters. The number of fused-ring (bicyclic) bond motifs is 2. The molecule has 0 saturated heterocycles. The molecule has 1 N–H and O–H groups in total. The fraction of sp³-hybridized carbons (Fsp3) is 0.0909. The smallest absolute Gasteiger partial charge is 0.200 e. The van der Waals surface area contributed by atoms with Gasteiger partial charge in [-0.05, 0) is 23.8 Å². The topological polar surface area (TPSA) is 84.7 Å². The van der Waals surface area contributed by atoms with Crippen LogP contribution >= 0.6 is 27.7 Å². The van der Waals surface area contributed by atoms with Crippen molar-refractivity contribution in [2.45, 2.75) is 11.4 Å². The maximum Gasteiger partial charge on any atom is 0.200 e. The van der Waals surface area contributed by atoms with Crippen molar-refractivity contribution < 1.29 is 4.42 Å². The second-order valence-corrected chi connectivity index (χ2v) is 8.61. The minimum atomic E-state index is -0.0273. The van der Waals surface area contributed by atoms with Gasteiger partial charge in [-0.3, -0.25) is 4.79 Å². The molecule has 0 aliphatic heterocycles. The number of halogens is 1. The molecule has 5 aromatic rings. The fourth-order valence-corrected chi connectivity index (χ4v) is 4.62. The first-order valence-corrected chi connectivity index (χ1v) is 11.1. The molecule has 148 valence electrons. The minimum absolute atomic E-state index is 0.0273. The monoisotopic (exact) mass is 478 g/mol. The van der Waals surface area contributed by atoms with E-state index < -0.39 is 0 Å². The first kappa shape index (κ1) is 19.0. The summed E-state index contributed by atoms with van der Waals surface area (Å²) in [7, 11) is 0. The Morgan fingerprint density at radius 2 is 1.93 bits per heavy atom. The van der Waals surface area contributed by atoms with E-state index in [1.807, 2.05) is 42.5 Å². The van der Waals surface area contributed by atoms with Crippen molar-refractivity contribution in [2.75, 3.05) is 5.75 Å². The Labute approximate surface area is 183 Å². The zero-order chi connectivity index (χ0) is 20.5. The number of nitrogens with one attached hydrogen (secondary N) is 1. The third-order valence-corrected chi connectivity index (χ3v) is 6.21. The Morgan fingerprint density at radius 1 is 1.07 bits per heavy atom. The third kappa shape index (κ3) is 3.53. The Morgan fingerprint density at radius 3 is 2.80 bits per heavy atom. The Hall–Kier alpha value is -2.97. The number of hydrogen-bond donors (Lipinski definition) is 1. The summed E-state index contributed by atoms with van der Waals surface area (Å²) in [4.78, 5) is 29.1. The first-order valence-electron chi connectivity index (χ1n) is 9.28. The molecule has 3 aromatic heterocycles. The lowest BCUT2D eigenvalue weighted by molar-refractivity contribution is 0.547. The van der Waals surface area contributed by atoms with Crippen LogP contribution in [0.4, 0.5) is 0 Å². The number of thioether (sulfide) groups is 1. The van der Waals surface area contributed by atoms with E-state index in [9.17, 15) is 4.79 Å². The number of H-pyrrole nitrogens is 1. The van der Waals surface area contributed by atoms with E-state index in [2.05, 4.69) is 35.9 Å². The summed E-state index contributed by atoms with van der Waals surface area (Å²) in [6, 6.07) is 15.2. The Kier molecular flexibility index (Phi) is 5.10. The van der Waals surface area contributed by atoms with Crippen LogP contribution in [0.25, 0.3) is 33.3 Å². The van der Waals surface area contributed by atoms with Gasteiger partial charge < -0.3 is 9.40 Å². The van der Waals surface area contributed by atoms with Crippen LogP contribution in [0, 0.1) is 0 Å². The lowest BCUT2D eigenvalue weighted by Crippen LogP contribution is -2.10. The van der Waals surface area contributed by atoms with E-state index in [0.717, 1.165) is 20.6 Å². The van der Waals surface area contributed by atoms with Gasteiger partial charge in [0.1, 0.15) is 28.2 Å². The van der Waals surface area contributed by atoms with Gasteiger partial charge in [0.2, 0.25) is 5.43 Å². The number of benzene rings is 2. The molecular formula is C22H15BrN4O2S. The predicted octanol–water partition coefficient (Wildman–Crippen LogP) is 5.22. The molecule has 0 aliphatic carbocycles. The van der Waals surface area contributed by atoms with Crippen molar-refractivity contribution in [1.82, 2.24) is 19.9 Å². The van der Waals surface area contributed by atoms with E-state index in [1.54, 1.807) is 24.2 Å². The van der Waals surface area contributed by atoms with Crippen LogP contribution in [0.1, 0.15) is 5.76 Å². The summed E-state index contributed by atoms with van der Waals surface area (Å²) in [5, 5.41) is 1.36. The molecule has 0 aliphatic rings. The molecule has 0 saturated carbocycles. The molecule has 8 heteroatoms. The van der Waals surface area contributed by atoms with Gasteiger partial charge in [0, 0.05) is 16.6 Å². The predicted molar refractivity (Wildman–Crippen MR) is 122 cm³/mol. The lowest BCUT2D eigenvalue weighted by Gasteiger charge is -2.10. The van der Waals surface area contributed by atoms with Gasteiger partial charge in [-0.2, -0.15) is 0 Å².